The van der Waals surface area contributed by atoms with Gasteiger partial charge in [0.15, 0.2) is 0 Å². The number of ether oxygens (including phenoxy) is 2. The van der Waals surface area contributed by atoms with Crippen molar-refractivity contribution in [1.29, 1.82) is 0 Å². The van der Waals surface area contributed by atoms with Crippen molar-refractivity contribution in [2.24, 2.45) is 0 Å². The molecule has 0 aromatic rings. The molecule has 280 valence electrons. The van der Waals surface area contributed by atoms with E-state index in [0.29, 0.717) is 13.2 Å². The van der Waals surface area contributed by atoms with E-state index in [1.807, 2.05) is 0 Å². The summed E-state index contributed by atoms with van der Waals surface area (Å²) in [4.78, 5) is 0. The van der Waals surface area contributed by atoms with Gasteiger partial charge in [-0.15, -0.1) is 0 Å². The summed E-state index contributed by atoms with van der Waals surface area (Å²) in [6.07, 6.45) is 39.5. The minimum Gasteiger partial charge on any atom is -0.394 e. The van der Waals surface area contributed by atoms with Crippen LogP contribution in [0.1, 0.15) is 206 Å². The van der Waals surface area contributed by atoms with Gasteiger partial charge in [-0.2, -0.15) is 0 Å². The van der Waals surface area contributed by atoms with Crippen molar-refractivity contribution in [2.45, 2.75) is 219 Å². The van der Waals surface area contributed by atoms with Gasteiger partial charge >= 0.3 is 0 Å². The van der Waals surface area contributed by atoms with Gasteiger partial charge in [0, 0.05) is 13.2 Å². The predicted molar refractivity (Wildman–Crippen MR) is 198 cm³/mol. The highest BCUT2D eigenvalue weighted by Crippen LogP contribution is 2.15. The van der Waals surface area contributed by atoms with Crippen LogP contribution in [0.2, 0.25) is 0 Å². The number of aliphatic hydroxyl groups is 4. The molecule has 0 aliphatic carbocycles. The van der Waals surface area contributed by atoms with Crippen molar-refractivity contribution >= 4 is 0 Å². The predicted octanol–water partition coefficient (Wildman–Crippen LogP) is 10.5. The van der Waals surface area contributed by atoms with Gasteiger partial charge in [-0.25, -0.2) is 0 Å². The maximum absolute atomic E-state index is 9.12. The Bertz CT molecular complexity index is 506. The molecule has 0 amide bonds. The molecule has 2 atom stereocenters. The lowest BCUT2D eigenvalue weighted by atomic mass is 10.0. The van der Waals surface area contributed by atoms with Gasteiger partial charge in [-0.05, 0) is 12.8 Å². The third-order valence-electron chi connectivity index (χ3n) is 8.83. The molecule has 0 aliphatic rings. The molecule has 0 aromatic heterocycles. The zero-order chi connectivity index (χ0) is 34.0. The lowest BCUT2D eigenvalue weighted by molar-refractivity contribution is 0.00526. The van der Waals surface area contributed by atoms with E-state index in [1.165, 1.54) is 180 Å². The zero-order valence-electron chi connectivity index (χ0n) is 31.2. The molecule has 6 heteroatoms. The molecule has 0 heterocycles. The van der Waals surface area contributed by atoms with Crippen LogP contribution in [0, 0.1) is 0 Å². The lowest BCUT2D eigenvalue weighted by Gasteiger charge is -2.08. The number of hydrogen-bond donors (Lipinski definition) is 4. The van der Waals surface area contributed by atoms with Crippen LogP contribution in [0.15, 0.2) is 0 Å². The second-order valence-corrected chi connectivity index (χ2v) is 13.7. The Hall–Kier alpha value is -0.240. The highest BCUT2D eigenvalue weighted by molar-refractivity contribution is 4.53. The van der Waals surface area contributed by atoms with Crippen molar-refractivity contribution in [1.82, 2.24) is 0 Å². The van der Waals surface area contributed by atoms with Crippen molar-refractivity contribution in [2.75, 3.05) is 39.6 Å². The van der Waals surface area contributed by atoms with Crippen molar-refractivity contribution in [3.8, 4) is 0 Å². The first kappa shape index (κ1) is 47.9. The van der Waals surface area contributed by atoms with E-state index in [0.717, 1.165) is 12.8 Å². The highest BCUT2D eigenvalue weighted by Gasteiger charge is 2.02. The normalized spacial score (nSPS) is 12.7. The Morgan fingerprint density at radius 3 is 0.717 bits per heavy atom. The molecule has 0 rings (SSSR count). The summed E-state index contributed by atoms with van der Waals surface area (Å²) < 4.78 is 10.6. The van der Waals surface area contributed by atoms with Gasteiger partial charge < -0.3 is 29.9 Å². The lowest BCUT2D eigenvalue weighted by Crippen LogP contribution is -2.19. The number of rotatable bonds is 38. The third kappa shape index (κ3) is 45.9. The molecule has 0 aliphatic heterocycles. The Balaban J connectivity index is 0. The fourth-order valence-corrected chi connectivity index (χ4v) is 5.70. The number of unbranched alkanes of at least 4 members (excludes halogenated alkanes) is 28. The fourth-order valence-electron chi connectivity index (χ4n) is 5.70. The summed E-state index contributed by atoms with van der Waals surface area (Å²) in [5.41, 5.74) is 0. The summed E-state index contributed by atoms with van der Waals surface area (Å²) in [5, 5.41) is 35.5. The number of hydrogen-bond acceptors (Lipinski definition) is 6. The van der Waals surface area contributed by atoms with Crippen LogP contribution >= 0.6 is 0 Å². The molecule has 2 unspecified atom stereocenters. The zero-order valence-corrected chi connectivity index (χ0v) is 31.2. The molecule has 4 N–H and O–H groups in total. The molecule has 0 radical (unpaired) electrons. The molecular formula is C40H84O6. The summed E-state index contributed by atoms with van der Waals surface area (Å²) in [6, 6.07) is 0. The topological polar surface area (TPSA) is 99.4 Å². The van der Waals surface area contributed by atoms with Crippen molar-refractivity contribution < 1.29 is 29.9 Å². The Morgan fingerprint density at radius 1 is 0.326 bits per heavy atom. The molecule has 0 bridgehead atoms. The highest BCUT2D eigenvalue weighted by atomic mass is 16.5. The van der Waals surface area contributed by atoms with Gasteiger partial charge in [0.1, 0.15) is 12.2 Å². The van der Waals surface area contributed by atoms with Crippen LogP contribution in [-0.4, -0.2) is 72.3 Å². The van der Waals surface area contributed by atoms with Gasteiger partial charge in [0.25, 0.3) is 0 Å². The molecule has 0 fully saturated rings. The summed E-state index contributed by atoms with van der Waals surface area (Å²) >= 11 is 0. The standard InChI is InChI=1S/C21H44O3.C19H40O3/c1-2-3-4-5-6-7-8-9-10-11-12-13-14-15-16-17-18-24-20-21(23)19-22;1-2-3-4-5-6-7-8-9-10-11-12-13-14-15-16-22-18-19(21)17-20/h21-23H,2-20H2,1H3;19-21H,2-18H2,1H3. The Kier molecular flexibility index (Phi) is 46.6. The van der Waals surface area contributed by atoms with Crippen molar-refractivity contribution in [3.63, 3.8) is 0 Å². The average molecular weight is 661 g/mol. The average Bonchev–Trinajstić information content (AvgIpc) is 3.07. The van der Waals surface area contributed by atoms with Crippen LogP contribution in [0.5, 0.6) is 0 Å². The van der Waals surface area contributed by atoms with E-state index in [-0.39, 0.29) is 26.4 Å². The third-order valence-corrected chi connectivity index (χ3v) is 8.83. The summed E-state index contributed by atoms with van der Waals surface area (Å²) in [7, 11) is 0. The molecule has 0 saturated heterocycles. The maximum atomic E-state index is 9.12. The Labute approximate surface area is 287 Å². The smallest absolute Gasteiger partial charge is 0.100 e. The maximum Gasteiger partial charge on any atom is 0.100 e. The second kappa shape index (κ2) is 44.8. The van der Waals surface area contributed by atoms with Crippen LogP contribution in [0.25, 0.3) is 0 Å². The van der Waals surface area contributed by atoms with E-state index in [2.05, 4.69) is 13.8 Å². The van der Waals surface area contributed by atoms with E-state index in [4.69, 9.17) is 29.9 Å². The van der Waals surface area contributed by atoms with Gasteiger partial charge in [-0.1, -0.05) is 194 Å². The van der Waals surface area contributed by atoms with E-state index in [9.17, 15) is 0 Å². The second-order valence-electron chi connectivity index (χ2n) is 13.7. The van der Waals surface area contributed by atoms with Crippen LogP contribution < -0.4 is 0 Å². The molecule has 46 heavy (non-hydrogen) atoms. The Morgan fingerprint density at radius 2 is 0.522 bits per heavy atom. The van der Waals surface area contributed by atoms with E-state index < -0.39 is 12.2 Å². The summed E-state index contributed by atoms with van der Waals surface area (Å²) in [6.45, 7) is 6.06. The molecular weight excluding hydrogens is 576 g/mol. The van der Waals surface area contributed by atoms with Crippen LogP contribution in [0.4, 0.5) is 0 Å². The van der Waals surface area contributed by atoms with E-state index >= 15 is 0 Å². The van der Waals surface area contributed by atoms with E-state index in [1.54, 1.807) is 0 Å². The first-order valence-electron chi connectivity index (χ1n) is 20.4. The van der Waals surface area contributed by atoms with Crippen molar-refractivity contribution in [3.05, 3.63) is 0 Å². The van der Waals surface area contributed by atoms with Gasteiger partial charge in [0.2, 0.25) is 0 Å². The number of aliphatic hydroxyl groups excluding tert-OH is 4. The minimum absolute atomic E-state index is 0.209. The molecule has 0 saturated carbocycles. The van der Waals surface area contributed by atoms with Crippen LogP contribution in [-0.2, 0) is 9.47 Å². The van der Waals surface area contributed by atoms with Gasteiger partial charge in [0.05, 0.1) is 26.4 Å². The first-order valence-corrected chi connectivity index (χ1v) is 20.4. The monoisotopic (exact) mass is 661 g/mol. The summed E-state index contributed by atoms with van der Waals surface area (Å²) in [5.74, 6) is 0. The quantitative estimate of drug-likeness (QED) is 0.0492. The van der Waals surface area contributed by atoms with Crippen LogP contribution in [0.3, 0.4) is 0 Å². The molecule has 0 spiro atoms. The SMILES string of the molecule is CCCCCCCCCCCCCCCCCCOCC(O)CO.CCCCCCCCCCCCCCCCOCC(O)CO. The first-order chi connectivity index (χ1) is 22.6. The largest absolute Gasteiger partial charge is 0.394 e. The molecule has 0 aromatic carbocycles. The van der Waals surface area contributed by atoms with Gasteiger partial charge in [-0.3, -0.25) is 0 Å². The minimum atomic E-state index is -0.717. The molecule has 6 nitrogen and oxygen atoms in total. The fraction of sp³-hybridized carbons (Fsp3) is 1.00.